The highest BCUT2D eigenvalue weighted by molar-refractivity contribution is 5.38. The van der Waals surface area contributed by atoms with E-state index < -0.39 is 0 Å². The van der Waals surface area contributed by atoms with E-state index in [2.05, 4.69) is 50.2 Å². The maximum Gasteiger partial charge on any atom is 0.188 e. The number of benzene rings is 3. The number of hydrogen-bond donors (Lipinski definition) is 0. The number of ether oxygens (including phenoxy) is 6. The maximum atomic E-state index is 10.8. The van der Waals surface area contributed by atoms with Gasteiger partial charge in [-0.25, -0.2) is 0 Å². The SMILES string of the molecule is COCOc1ccccc1CN1CCN(Cc2ccccc2OCOC)CCN(Cc2cc(CCN=O)ccc2OCOC)CC1. The summed E-state index contributed by atoms with van der Waals surface area (Å²) >= 11 is 0. The number of nitrogens with zero attached hydrogens (tertiary/aromatic N) is 4. The first-order valence-electron chi connectivity index (χ1n) is 15.7. The standard InChI is InChI=1S/C35H48N4O7/c1-41-26-44-33-10-6-4-8-30(33)23-37-16-17-38(24-31-9-5-7-11-34(31)45-27-42-2)19-21-39(20-18-37)25-32-22-29(14-15-36-40)12-13-35(32)46-28-43-3/h4-13,22H,14-21,23-28H2,1-3H3. The maximum absolute atomic E-state index is 10.8. The number of methoxy groups -OCH3 is 3. The van der Waals surface area contributed by atoms with Crippen LogP contribution in [0.25, 0.3) is 0 Å². The van der Waals surface area contributed by atoms with Crippen molar-refractivity contribution in [2.45, 2.75) is 26.1 Å². The van der Waals surface area contributed by atoms with Gasteiger partial charge >= 0.3 is 0 Å². The van der Waals surface area contributed by atoms with Crippen LogP contribution in [0.2, 0.25) is 0 Å². The van der Waals surface area contributed by atoms with Crippen LogP contribution in [0, 0.1) is 4.91 Å². The van der Waals surface area contributed by atoms with Crippen LogP contribution in [-0.2, 0) is 40.3 Å². The van der Waals surface area contributed by atoms with Crippen LogP contribution >= 0.6 is 0 Å². The van der Waals surface area contributed by atoms with Crippen molar-refractivity contribution < 1.29 is 28.4 Å². The van der Waals surface area contributed by atoms with Gasteiger partial charge in [-0.2, -0.15) is 4.91 Å². The molecule has 1 saturated heterocycles. The first-order valence-corrected chi connectivity index (χ1v) is 15.7. The van der Waals surface area contributed by atoms with Crippen molar-refractivity contribution in [3.8, 4) is 17.2 Å². The Hall–Kier alpha value is -3.58. The lowest BCUT2D eigenvalue weighted by atomic mass is 10.1. The molecule has 0 aliphatic carbocycles. The summed E-state index contributed by atoms with van der Waals surface area (Å²) < 4.78 is 33.3. The van der Waals surface area contributed by atoms with E-state index >= 15 is 0 Å². The van der Waals surface area contributed by atoms with Crippen molar-refractivity contribution in [2.24, 2.45) is 5.18 Å². The van der Waals surface area contributed by atoms with Gasteiger partial charge in [0.1, 0.15) is 17.2 Å². The molecule has 1 heterocycles. The minimum absolute atomic E-state index is 0.166. The van der Waals surface area contributed by atoms with E-state index in [0.717, 1.165) is 91.9 Å². The van der Waals surface area contributed by atoms with Crippen molar-refractivity contribution in [1.82, 2.24) is 14.7 Å². The Morgan fingerprint density at radius 1 is 0.565 bits per heavy atom. The van der Waals surface area contributed by atoms with Gasteiger partial charge in [-0.05, 0) is 30.2 Å². The Labute approximate surface area is 272 Å². The second kappa shape index (κ2) is 19.8. The molecule has 0 atom stereocenters. The highest BCUT2D eigenvalue weighted by atomic mass is 16.7. The monoisotopic (exact) mass is 636 g/mol. The van der Waals surface area contributed by atoms with Gasteiger partial charge in [0.2, 0.25) is 0 Å². The molecule has 0 radical (unpaired) electrons. The van der Waals surface area contributed by atoms with Gasteiger partial charge in [0, 0.05) is 96.9 Å². The average molecular weight is 637 g/mol. The first-order chi connectivity index (χ1) is 22.6. The predicted molar refractivity (Wildman–Crippen MR) is 177 cm³/mol. The van der Waals surface area contributed by atoms with Gasteiger partial charge < -0.3 is 28.4 Å². The Bertz CT molecular complexity index is 1260. The van der Waals surface area contributed by atoms with Crippen LogP contribution < -0.4 is 14.2 Å². The topological polar surface area (TPSA) is 94.5 Å². The molecular formula is C35H48N4O7. The lowest BCUT2D eigenvalue weighted by molar-refractivity contribution is 0.0493. The smallest absolute Gasteiger partial charge is 0.188 e. The zero-order valence-corrected chi connectivity index (χ0v) is 27.4. The van der Waals surface area contributed by atoms with Crippen LogP contribution in [0.15, 0.2) is 71.9 Å². The molecule has 11 heteroatoms. The van der Waals surface area contributed by atoms with Gasteiger partial charge in [0.15, 0.2) is 20.4 Å². The molecule has 250 valence electrons. The summed E-state index contributed by atoms with van der Waals surface area (Å²) in [4.78, 5) is 18.3. The fraction of sp³-hybridized carbons (Fsp3) is 0.486. The van der Waals surface area contributed by atoms with Crippen LogP contribution in [0.4, 0.5) is 0 Å². The Balaban J connectivity index is 1.57. The molecule has 46 heavy (non-hydrogen) atoms. The minimum Gasteiger partial charge on any atom is -0.467 e. The van der Waals surface area contributed by atoms with Crippen LogP contribution in [0.3, 0.4) is 0 Å². The second-order valence-corrected chi connectivity index (χ2v) is 11.2. The van der Waals surface area contributed by atoms with E-state index in [1.165, 1.54) is 0 Å². The zero-order chi connectivity index (χ0) is 32.4. The van der Waals surface area contributed by atoms with E-state index in [1.54, 1.807) is 21.3 Å². The lowest BCUT2D eigenvalue weighted by Crippen LogP contribution is -2.35. The van der Waals surface area contributed by atoms with Crippen molar-refractivity contribution in [2.75, 3.05) is 87.5 Å². The molecule has 0 spiro atoms. The minimum atomic E-state index is 0.166. The highest BCUT2D eigenvalue weighted by Gasteiger charge is 2.20. The van der Waals surface area contributed by atoms with Crippen LogP contribution in [0.5, 0.6) is 17.2 Å². The molecular weight excluding hydrogens is 588 g/mol. The second-order valence-electron chi connectivity index (χ2n) is 11.2. The van der Waals surface area contributed by atoms with Gasteiger partial charge in [-0.1, -0.05) is 53.7 Å². The summed E-state index contributed by atoms with van der Waals surface area (Å²) in [5.74, 6) is 2.46. The molecule has 1 fully saturated rings. The normalized spacial score (nSPS) is 15.1. The van der Waals surface area contributed by atoms with Crippen molar-refractivity contribution in [1.29, 1.82) is 0 Å². The van der Waals surface area contributed by atoms with Gasteiger partial charge in [0.05, 0.1) is 6.54 Å². The summed E-state index contributed by atoms with van der Waals surface area (Å²) in [7, 11) is 4.88. The van der Waals surface area contributed by atoms with E-state index in [-0.39, 0.29) is 26.9 Å². The summed E-state index contributed by atoms with van der Waals surface area (Å²) in [6.45, 7) is 8.31. The van der Waals surface area contributed by atoms with Gasteiger partial charge in [-0.15, -0.1) is 0 Å². The molecule has 0 saturated carbocycles. The Morgan fingerprint density at radius 3 is 1.41 bits per heavy atom. The number of hydrogen-bond acceptors (Lipinski definition) is 11. The van der Waals surface area contributed by atoms with Gasteiger partial charge in [-0.3, -0.25) is 14.7 Å². The molecule has 0 N–H and O–H groups in total. The first kappa shape index (κ1) is 35.3. The van der Waals surface area contributed by atoms with E-state index in [4.69, 9.17) is 28.4 Å². The Morgan fingerprint density at radius 2 is 0.978 bits per heavy atom. The highest BCUT2D eigenvalue weighted by Crippen LogP contribution is 2.25. The quantitative estimate of drug-likeness (QED) is 0.144. The van der Waals surface area contributed by atoms with Crippen LogP contribution in [-0.4, -0.2) is 102 Å². The molecule has 3 aromatic carbocycles. The Kier molecular flexibility index (Phi) is 15.2. The molecule has 0 bridgehead atoms. The van der Waals surface area contributed by atoms with Gasteiger partial charge in [0.25, 0.3) is 0 Å². The van der Waals surface area contributed by atoms with Crippen molar-refractivity contribution >= 4 is 0 Å². The largest absolute Gasteiger partial charge is 0.467 e. The number of para-hydroxylation sites is 2. The summed E-state index contributed by atoms with van der Waals surface area (Å²) in [5.41, 5.74) is 4.38. The number of nitroso groups, excluding NO2 is 1. The van der Waals surface area contributed by atoms with E-state index in [9.17, 15) is 4.91 Å². The molecule has 11 nitrogen and oxygen atoms in total. The van der Waals surface area contributed by atoms with Crippen molar-refractivity contribution in [3.05, 3.63) is 93.9 Å². The predicted octanol–water partition coefficient (Wildman–Crippen LogP) is 4.76. The molecule has 0 aromatic heterocycles. The summed E-state index contributed by atoms with van der Waals surface area (Å²) in [6.07, 6.45) is 0.595. The molecule has 4 rings (SSSR count). The van der Waals surface area contributed by atoms with Crippen LogP contribution in [0.1, 0.15) is 22.3 Å². The van der Waals surface area contributed by atoms with E-state index in [1.807, 2.05) is 36.4 Å². The fourth-order valence-electron chi connectivity index (χ4n) is 5.53. The third kappa shape index (κ3) is 11.3. The van der Waals surface area contributed by atoms with E-state index in [0.29, 0.717) is 13.0 Å². The summed E-state index contributed by atoms with van der Waals surface area (Å²) in [6, 6.07) is 22.4. The molecule has 1 aliphatic heterocycles. The zero-order valence-electron chi connectivity index (χ0n) is 27.4. The summed E-state index contributed by atoms with van der Waals surface area (Å²) in [5, 5.41) is 3.06. The fourth-order valence-corrected chi connectivity index (χ4v) is 5.53. The molecule has 0 amide bonds. The van der Waals surface area contributed by atoms with Crippen molar-refractivity contribution in [3.63, 3.8) is 0 Å². The molecule has 1 aliphatic rings. The third-order valence-electron chi connectivity index (χ3n) is 7.94. The number of rotatable bonds is 18. The third-order valence-corrected chi connectivity index (χ3v) is 7.94. The molecule has 0 unspecified atom stereocenters. The average Bonchev–Trinajstić information content (AvgIpc) is 3.17. The molecule has 3 aromatic rings. The lowest BCUT2D eigenvalue weighted by Gasteiger charge is -2.27.